The molecule has 9 heteroatoms. The van der Waals surface area contributed by atoms with Crippen LogP contribution >= 0.6 is 11.8 Å². The maximum Gasteiger partial charge on any atom is 0.336 e. The van der Waals surface area contributed by atoms with Gasteiger partial charge in [0.05, 0.1) is 29.9 Å². The van der Waals surface area contributed by atoms with E-state index in [2.05, 4.69) is 16.4 Å². The van der Waals surface area contributed by atoms with Gasteiger partial charge in [-0.3, -0.25) is 9.78 Å². The summed E-state index contributed by atoms with van der Waals surface area (Å²) in [5, 5.41) is 22.1. The fourth-order valence-corrected chi connectivity index (χ4v) is 6.52. The van der Waals surface area contributed by atoms with Crippen molar-refractivity contribution >= 4 is 23.6 Å². The molecule has 0 saturated carbocycles. The second kappa shape index (κ2) is 15.2. The second-order valence-electron chi connectivity index (χ2n) is 11.2. The number of aromatic carboxylic acids is 1. The number of carbonyl (C=O) groups is 2. The van der Waals surface area contributed by atoms with Crippen LogP contribution in [-0.4, -0.2) is 38.9 Å². The number of thioether (sulfide) groups is 1. The molecule has 3 N–H and O–H groups in total. The number of carboxylic acid groups (broad SMARTS) is 1. The van der Waals surface area contributed by atoms with Crippen molar-refractivity contribution in [3.05, 3.63) is 155 Å². The molecule has 2 heterocycles. The number of hydrogen-bond donors (Lipinski definition) is 3. The number of amides is 1. The average Bonchev–Trinajstić information content (AvgIpc) is 3.13. The van der Waals surface area contributed by atoms with Gasteiger partial charge in [-0.05, 0) is 58.1 Å². The smallest absolute Gasteiger partial charge is 0.336 e. The van der Waals surface area contributed by atoms with Crippen molar-refractivity contribution in [2.24, 2.45) is 0 Å². The highest BCUT2D eigenvalue weighted by atomic mass is 32.2. The van der Waals surface area contributed by atoms with Gasteiger partial charge in [0, 0.05) is 41.6 Å². The first-order chi connectivity index (χ1) is 23.0. The molecule has 3 atom stereocenters. The number of benzene rings is 4. The Morgan fingerprint density at radius 1 is 0.830 bits per heavy atom. The summed E-state index contributed by atoms with van der Waals surface area (Å²) in [4.78, 5) is 28.9. The molecule has 238 valence electrons. The summed E-state index contributed by atoms with van der Waals surface area (Å²) >= 11 is 1.46. The maximum atomic E-state index is 12.5. The first-order valence-corrected chi connectivity index (χ1v) is 16.3. The minimum Gasteiger partial charge on any atom is -0.478 e. The van der Waals surface area contributed by atoms with Gasteiger partial charge < -0.3 is 25.0 Å². The first kappa shape index (κ1) is 32.2. The van der Waals surface area contributed by atoms with Crippen molar-refractivity contribution in [2.75, 3.05) is 5.75 Å². The zero-order valence-corrected chi connectivity index (χ0v) is 26.3. The van der Waals surface area contributed by atoms with Crippen molar-refractivity contribution in [1.82, 2.24) is 10.3 Å². The molecule has 1 saturated heterocycles. The Bertz CT molecular complexity index is 1820. The molecule has 0 aliphatic carbocycles. The number of rotatable bonds is 11. The van der Waals surface area contributed by atoms with Crippen molar-refractivity contribution in [3.63, 3.8) is 0 Å². The maximum absolute atomic E-state index is 12.5. The predicted octanol–water partition coefficient (Wildman–Crippen LogP) is 7.21. The quantitative estimate of drug-likeness (QED) is 0.129. The molecule has 4 aromatic carbocycles. The number of aliphatic hydroxyl groups excluding tert-OH is 1. The Morgan fingerprint density at radius 2 is 1.62 bits per heavy atom. The summed E-state index contributed by atoms with van der Waals surface area (Å²) in [6, 6.07) is 34.3. The van der Waals surface area contributed by atoms with Gasteiger partial charge in [0.2, 0.25) is 0 Å². The molecular formula is C38H34N2O6S. The highest BCUT2D eigenvalue weighted by Gasteiger charge is 2.32. The van der Waals surface area contributed by atoms with Gasteiger partial charge in [0.25, 0.3) is 5.91 Å². The molecule has 8 nitrogen and oxygen atoms in total. The van der Waals surface area contributed by atoms with E-state index >= 15 is 0 Å². The lowest BCUT2D eigenvalue weighted by atomic mass is 9.99. The number of carboxylic acids is 1. The van der Waals surface area contributed by atoms with Crippen LogP contribution in [0.15, 0.2) is 126 Å². The Labute approximate surface area is 277 Å². The van der Waals surface area contributed by atoms with E-state index < -0.39 is 12.3 Å². The molecule has 1 aliphatic rings. The topological polar surface area (TPSA) is 118 Å². The fraction of sp³-hybridized carbons (Fsp3) is 0.184. The van der Waals surface area contributed by atoms with Crippen molar-refractivity contribution in [1.29, 1.82) is 0 Å². The number of aliphatic hydroxyl groups is 1. The molecule has 1 fully saturated rings. The van der Waals surface area contributed by atoms with Crippen molar-refractivity contribution in [2.45, 2.75) is 43.0 Å². The predicted molar refractivity (Wildman–Crippen MR) is 180 cm³/mol. The highest BCUT2D eigenvalue weighted by Crippen LogP contribution is 2.40. The Hall–Kier alpha value is -4.80. The number of nitrogens with zero attached hydrogens (tertiary/aromatic N) is 1. The normalized spacial score (nSPS) is 17.6. The molecule has 1 aromatic heterocycles. The van der Waals surface area contributed by atoms with E-state index in [1.807, 2.05) is 78.9 Å². The molecule has 0 bridgehead atoms. The molecule has 1 amide bonds. The third-order valence-corrected chi connectivity index (χ3v) is 9.18. The van der Waals surface area contributed by atoms with Gasteiger partial charge in [0.15, 0.2) is 6.29 Å². The molecular weight excluding hydrogens is 612 g/mol. The monoisotopic (exact) mass is 646 g/mol. The lowest BCUT2D eigenvalue weighted by Gasteiger charge is -2.36. The summed E-state index contributed by atoms with van der Waals surface area (Å²) in [6.07, 6.45) is 2.69. The van der Waals surface area contributed by atoms with Crippen molar-refractivity contribution < 1.29 is 29.3 Å². The van der Waals surface area contributed by atoms with E-state index in [-0.39, 0.29) is 30.3 Å². The summed E-state index contributed by atoms with van der Waals surface area (Å²) in [6.45, 7) is 0.357. The van der Waals surface area contributed by atoms with E-state index in [1.54, 1.807) is 36.7 Å². The number of nitrogens with one attached hydrogen (secondary N) is 1. The van der Waals surface area contributed by atoms with E-state index in [9.17, 15) is 19.8 Å². The van der Waals surface area contributed by atoms with Gasteiger partial charge in [-0.15, -0.1) is 11.8 Å². The third kappa shape index (κ3) is 8.14. The van der Waals surface area contributed by atoms with Crippen LogP contribution in [0.2, 0.25) is 0 Å². The lowest BCUT2D eigenvalue weighted by Crippen LogP contribution is -2.31. The number of pyridine rings is 1. The van der Waals surface area contributed by atoms with E-state index in [1.165, 1.54) is 11.8 Å². The van der Waals surface area contributed by atoms with Crippen LogP contribution in [0.5, 0.6) is 0 Å². The summed E-state index contributed by atoms with van der Waals surface area (Å²) < 4.78 is 13.0. The Balaban J connectivity index is 1.17. The largest absolute Gasteiger partial charge is 0.478 e. The van der Waals surface area contributed by atoms with Crippen LogP contribution in [0.3, 0.4) is 0 Å². The van der Waals surface area contributed by atoms with E-state index in [4.69, 9.17) is 9.47 Å². The van der Waals surface area contributed by atoms with Gasteiger partial charge in [-0.2, -0.15) is 0 Å². The highest BCUT2D eigenvalue weighted by molar-refractivity contribution is 7.99. The van der Waals surface area contributed by atoms with Gasteiger partial charge >= 0.3 is 5.97 Å². The standard InChI is InChI=1S/C38H34N2O6S/c41-23-25-10-12-28(13-11-25)34-20-32(24-47-35-9-2-1-8-33(35)37(43)44)45-38(46-34)29-16-14-27(15-17-29)30-6-3-5-26(19-30)21-40-36(42)31-7-4-18-39-22-31/h1-19,22,32,34,38,41H,20-21,23-24H2,(H,40,42)(H,43,44)/t32-,34+,38+/m0/s1. The number of aromatic nitrogens is 1. The van der Waals surface area contributed by atoms with Crippen LogP contribution in [0.25, 0.3) is 11.1 Å². The zero-order valence-electron chi connectivity index (χ0n) is 25.5. The van der Waals surface area contributed by atoms with Crippen LogP contribution < -0.4 is 5.32 Å². The SMILES string of the molecule is O=C(NCc1cccc(-c2ccc([C@@H]3O[C@H](CSc4ccccc4C(=O)O)C[C@H](c4ccc(CO)cc4)O3)cc2)c1)c1cccnc1. The molecule has 1 aliphatic heterocycles. The summed E-state index contributed by atoms with van der Waals surface area (Å²) in [7, 11) is 0. The molecule has 0 unspecified atom stereocenters. The number of carbonyl (C=O) groups excluding carboxylic acids is 1. The Morgan fingerprint density at radius 3 is 2.36 bits per heavy atom. The van der Waals surface area contributed by atoms with Gasteiger partial charge in [0.1, 0.15) is 0 Å². The summed E-state index contributed by atoms with van der Waals surface area (Å²) in [5.74, 6) is -0.580. The number of hydrogen-bond acceptors (Lipinski definition) is 7. The van der Waals surface area contributed by atoms with Crippen molar-refractivity contribution in [3.8, 4) is 11.1 Å². The average molecular weight is 647 g/mol. The Kier molecular flexibility index (Phi) is 10.4. The molecule has 0 spiro atoms. The molecule has 0 radical (unpaired) electrons. The molecule has 6 rings (SSSR count). The van der Waals surface area contributed by atoms with Crippen LogP contribution in [0.4, 0.5) is 0 Å². The molecule has 47 heavy (non-hydrogen) atoms. The number of ether oxygens (including phenoxy) is 2. The zero-order chi connectivity index (χ0) is 32.6. The summed E-state index contributed by atoms with van der Waals surface area (Å²) in [5.41, 5.74) is 6.47. The lowest BCUT2D eigenvalue weighted by molar-refractivity contribution is -0.245. The van der Waals surface area contributed by atoms with E-state index in [0.29, 0.717) is 29.2 Å². The molecule has 5 aromatic rings. The minimum atomic E-state index is -0.958. The van der Waals surface area contributed by atoms with E-state index in [0.717, 1.165) is 33.4 Å². The minimum absolute atomic E-state index is 0.0327. The fourth-order valence-electron chi connectivity index (χ4n) is 5.45. The van der Waals surface area contributed by atoms with Crippen LogP contribution in [0, 0.1) is 0 Å². The van der Waals surface area contributed by atoms with Gasteiger partial charge in [-0.1, -0.05) is 78.9 Å². The van der Waals surface area contributed by atoms with Gasteiger partial charge in [-0.25, -0.2) is 4.79 Å². The van der Waals surface area contributed by atoms with Crippen LogP contribution in [0.1, 0.15) is 61.8 Å². The second-order valence-corrected chi connectivity index (χ2v) is 12.3. The first-order valence-electron chi connectivity index (χ1n) is 15.3. The van der Waals surface area contributed by atoms with Crippen LogP contribution in [-0.2, 0) is 22.6 Å². The third-order valence-electron chi connectivity index (χ3n) is 7.98.